The van der Waals surface area contributed by atoms with Crippen LogP contribution in [-0.2, 0) is 9.30 Å². The number of unbranched alkanes of at least 4 members (excludes halogenated alkanes) is 3. The lowest BCUT2D eigenvalue weighted by Crippen LogP contribution is -2.18. The van der Waals surface area contributed by atoms with E-state index in [1.54, 1.807) is 18.2 Å². The molecule has 0 aromatic heterocycles. The topological polar surface area (TPSA) is 75.7 Å². The maximum Gasteiger partial charge on any atom is 0.389 e. The number of carbonyl (C=O) groups is 1. The molecule has 0 heterocycles. The van der Waals surface area contributed by atoms with Crippen molar-refractivity contribution >= 4 is 13.3 Å². The maximum atomic E-state index is 11.6. The Kier molecular flexibility index (Phi) is 6.60. The Bertz CT molecular complexity index is 432. The number of para-hydroxylation sites is 1. The zero-order chi connectivity index (χ0) is 14.1. The van der Waals surface area contributed by atoms with Crippen LogP contribution in [0.4, 0.5) is 4.79 Å². The van der Waals surface area contributed by atoms with Crippen LogP contribution in [0.25, 0.3) is 0 Å². The summed E-state index contributed by atoms with van der Waals surface area (Å²) in [5.41, 5.74) is -1.31. The average molecular weight is 285 g/mol. The van der Waals surface area contributed by atoms with Gasteiger partial charge in [-0.05, 0) is 18.6 Å². The SMILES string of the molecule is CCCCCCOC(=O)P(=O)([O-])Oc1ccccc1. The number of hydrogen-bond acceptors (Lipinski definition) is 5. The normalized spacial score (nSPS) is 13.6. The quantitative estimate of drug-likeness (QED) is 0.541. The summed E-state index contributed by atoms with van der Waals surface area (Å²) in [6.45, 7) is 2.16. The fourth-order valence-electron chi connectivity index (χ4n) is 1.42. The highest BCUT2D eigenvalue weighted by atomic mass is 31.2. The van der Waals surface area contributed by atoms with E-state index < -0.39 is 13.3 Å². The Hall–Kier alpha value is -1.32. The lowest BCUT2D eigenvalue weighted by atomic mass is 10.2. The van der Waals surface area contributed by atoms with Gasteiger partial charge in [-0.15, -0.1) is 0 Å². The van der Waals surface area contributed by atoms with Gasteiger partial charge in [-0.25, -0.2) is 4.79 Å². The van der Waals surface area contributed by atoms with E-state index in [9.17, 15) is 14.3 Å². The molecule has 0 saturated carbocycles. The molecule has 0 aliphatic heterocycles. The van der Waals surface area contributed by atoms with Gasteiger partial charge in [0.25, 0.3) is 7.60 Å². The van der Waals surface area contributed by atoms with E-state index in [-0.39, 0.29) is 12.4 Å². The van der Waals surface area contributed by atoms with Gasteiger partial charge >= 0.3 is 5.71 Å². The van der Waals surface area contributed by atoms with Gasteiger partial charge in [-0.3, -0.25) is 4.57 Å². The molecule has 6 heteroatoms. The van der Waals surface area contributed by atoms with Crippen LogP contribution in [0.5, 0.6) is 5.75 Å². The number of ether oxygens (including phenoxy) is 1. The van der Waals surface area contributed by atoms with Crippen LogP contribution in [0, 0.1) is 0 Å². The van der Waals surface area contributed by atoms with Crippen molar-refractivity contribution in [1.29, 1.82) is 0 Å². The Labute approximate surface area is 113 Å². The second-order valence-electron chi connectivity index (χ2n) is 4.08. The zero-order valence-corrected chi connectivity index (χ0v) is 11.8. The largest absolute Gasteiger partial charge is 0.761 e. The molecule has 0 fully saturated rings. The molecule has 0 amide bonds. The molecule has 0 radical (unpaired) electrons. The van der Waals surface area contributed by atoms with E-state index in [1.807, 2.05) is 0 Å². The van der Waals surface area contributed by atoms with Crippen molar-refractivity contribution in [3.8, 4) is 5.75 Å². The van der Waals surface area contributed by atoms with Crippen LogP contribution in [0.2, 0.25) is 0 Å². The first-order valence-electron chi connectivity index (χ1n) is 6.29. The Morgan fingerprint density at radius 1 is 1.21 bits per heavy atom. The smallest absolute Gasteiger partial charge is 0.389 e. The number of carbonyl (C=O) groups excluding carboxylic acids is 1. The van der Waals surface area contributed by atoms with Crippen molar-refractivity contribution in [3.05, 3.63) is 30.3 Å². The third-order valence-corrected chi connectivity index (χ3v) is 3.44. The van der Waals surface area contributed by atoms with E-state index in [0.717, 1.165) is 19.3 Å². The maximum absolute atomic E-state index is 11.6. The summed E-state index contributed by atoms with van der Waals surface area (Å²) in [4.78, 5) is 22.9. The summed E-state index contributed by atoms with van der Waals surface area (Å²) >= 11 is 0. The molecule has 0 bridgehead atoms. The van der Waals surface area contributed by atoms with Crippen LogP contribution in [0.3, 0.4) is 0 Å². The van der Waals surface area contributed by atoms with Gasteiger partial charge < -0.3 is 14.2 Å². The van der Waals surface area contributed by atoms with Crippen LogP contribution in [-0.4, -0.2) is 12.3 Å². The van der Waals surface area contributed by atoms with Gasteiger partial charge in [0, 0.05) is 0 Å². The minimum Gasteiger partial charge on any atom is -0.761 e. The van der Waals surface area contributed by atoms with E-state index in [0.29, 0.717) is 6.42 Å². The fourth-order valence-corrected chi connectivity index (χ4v) is 2.15. The minimum atomic E-state index is -4.67. The molecule has 0 spiro atoms. The fraction of sp³-hybridized carbons (Fsp3) is 0.462. The molecular formula is C13H18O5P-. The molecule has 0 saturated heterocycles. The van der Waals surface area contributed by atoms with E-state index in [1.165, 1.54) is 12.1 Å². The highest BCUT2D eigenvalue weighted by molar-refractivity contribution is 7.69. The molecule has 0 aliphatic rings. The Morgan fingerprint density at radius 2 is 1.89 bits per heavy atom. The molecule has 0 aliphatic carbocycles. The Balaban J connectivity index is 2.39. The molecule has 1 atom stereocenters. The zero-order valence-electron chi connectivity index (χ0n) is 10.9. The first-order valence-corrected chi connectivity index (χ1v) is 7.83. The Morgan fingerprint density at radius 3 is 2.53 bits per heavy atom. The van der Waals surface area contributed by atoms with Crippen LogP contribution >= 0.6 is 7.60 Å². The first kappa shape index (κ1) is 15.7. The first-order chi connectivity index (χ1) is 9.06. The van der Waals surface area contributed by atoms with Gasteiger partial charge in [-0.1, -0.05) is 44.4 Å². The summed E-state index contributed by atoms with van der Waals surface area (Å²) in [7, 11) is -4.67. The highest BCUT2D eigenvalue weighted by Crippen LogP contribution is 2.40. The lowest BCUT2D eigenvalue weighted by Gasteiger charge is -2.21. The predicted molar refractivity (Wildman–Crippen MR) is 70.2 cm³/mol. The summed E-state index contributed by atoms with van der Waals surface area (Å²) in [5.74, 6) is 0.101. The molecule has 1 aromatic carbocycles. The van der Waals surface area contributed by atoms with Gasteiger partial charge in [0.15, 0.2) is 0 Å². The van der Waals surface area contributed by atoms with Gasteiger partial charge in [0.1, 0.15) is 5.75 Å². The monoisotopic (exact) mass is 285 g/mol. The standard InChI is InChI=1S/C13H19O5P/c1-2-3-4-8-11-17-13(14)19(15,16)18-12-9-6-5-7-10-12/h5-7,9-10H,2-4,8,11H2,1H3,(H,15,16)/p-1. The van der Waals surface area contributed by atoms with Crippen LogP contribution in [0.1, 0.15) is 32.6 Å². The predicted octanol–water partition coefficient (Wildman–Crippen LogP) is 3.34. The number of benzene rings is 1. The molecule has 106 valence electrons. The van der Waals surface area contributed by atoms with Crippen molar-refractivity contribution in [1.82, 2.24) is 0 Å². The van der Waals surface area contributed by atoms with Crippen molar-refractivity contribution < 1.29 is 23.5 Å². The van der Waals surface area contributed by atoms with Gasteiger partial charge in [-0.2, -0.15) is 0 Å². The van der Waals surface area contributed by atoms with E-state index >= 15 is 0 Å². The lowest BCUT2D eigenvalue weighted by molar-refractivity contribution is -0.188. The number of hydrogen-bond donors (Lipinski definition) is 0. The summed E-state index contributed by atoms with van der Waals surface area (Å²) in [5, 5.41) is 0. The van der Waals surface area contributed by atoms with Crippen molar-refractivity contribution in [2.75, 3.05) is 6.61 Å². The van der Waals surface area contributed by atoms with Crippen molar-refractivity contribution in [2.24, 2.45) is 0 Å². The molecule has 1 rings (SSSR count). The van der Waals surface area contributed by atoms with E-state index in [4.69, 9.17) is 0 Å². The minimum absolute atomic E-state index is 0.100. The third-order valence-electron chi connectivity index (χ3n) is 2.42. The summed E-state index contributed by atoms with van der Waals surface area (Å²) in [6.07, 6.45) is 3.66. The average Bonchev–Trinajstić information content (AvgIpc) is 2.39. The highest BCUT2D eigenvalue weighted by Gasteiger charge is 2.23. The second kappa shape index (κ2) is 7.97. The summed E-state index contributed by atoms with van der Waals surface area (Å²) < 4.78 is 20.9. The molecule has 19 heavy (non-hydrogen) atoms. The second-order valence-corrected chi connectivity index (χ2v) is 5.62. The van der Waals surface area contributed by atoms with Crippen molar-refractivity contribution in [2.45, 2.75) is 32.6 Å². The van der Waals surface area contributed by atoms with Gasteiger partial charge in [0.05, 0.1) is 6.61 Å². The molecule has 1 aromatic rings. The van der Waals surface area contributed by atoms with Gasteiger partial charge in [0.2, 0.25) is 0 Å². The number of rotatable bonds is 8. The van der Waals surface area contributed by atoms with Crippen LogP contribution < -0.4 is 9.42 Å². The molecular weight excluding hydrogens is 267 g/mol. The molecule has 0 N–H and O–H groups in total. The molecule has 1 unspecified atom stereocenters. The van der Waals surface area contributed by atoms with Crippen molar-refractivity contribution in [3.63, 3.8) is 0 Å². The van der Waals surface area contributed by atoms with E-state index in [2.05, 4.69) is 16.2 Å². The summed E-state index contributed by atoms with van der Waals surface area (Å²) in [6, 6.07) is 7.86. The third kappa shape index (κ3) is 5.90. The molecule has 5 nitrogen and oxygen atoms in total. The van der Waals surface area contributed by atoms with Crippen LogP contribution in [0.15, 0.2) is 30.3 Å².